The van der Waals surface area contributed by atoms with Crippen LogP contribution in [0, 0.1) is 11.3 Å². The van der Waals surface area contributed by atoms with E-state index in [-0.39, 0.29) is 5.57 Å². The molecule has 0 spiro atoms. The highest BCUT2D eigenvalue weighted by atomic mass is 16.5. The van der Waals surface area contributed by atoms with Crippen LogP contribution in [-0.4, -0.2) is 25.7 Å². The molecule has 0 aliphatic rings. The summed E-state index contributed by atoms with van der Waals surface area (Å²) in [4.78, 5) is 12.4. The molecule has 0 atom stereocenters. The first-order valence-corrected chi connectivity index (χ1v) is 10.0. The van der Waals surface area contributed by atoms with E-state index in [9.17, 15) is 10.1 Å². The highest BCUT2D eigenvalue weighted by Crippen LogP contribution is 2.27. The van der Waals surface area contributed by atoms with Gasteiger partial charge in [-0.05, 0) is 43.0 Å². The van der Waals surface area contributed by atoms with E-state index in [4.69, 9.17) is 9.47 Å². The van der Waals surface area contributed by atoms with Gasteiger partial charge < -0.3 is 14.8 Å². The minimum absolute atomic E-state index is 0.0432. The molecule has 0 radical (unpaired) electrons. The summed E-state index contributed by atoms with van der Waals surface area (Å²) >= 11 is 0. The maximum absolute atomic E-state index is 12.4. The van der Waals surface area contributed by atoms with E-state index in [0.29, 0.717) is 43.2 Å². The fraction of sp³-hybridized carbons (Fsp3) is 0.333. The molecule has 0 aliphatic carbocycles. The number of carbonyl (C=O) groups excluding carboxylic acids is 1. The van der Waals surface area contributed by atoms with Gasteiger partial charge in [-0.3, -0.25) is 4.79 Å². The summed E-state index contributed by atoms with van der Waals surface area (Å²) in [6.45, 7) is 5.69. The molecule has 2 aromatic rings. The predicted molar refractivity (Wildman–Crippen MR) is 115 cm³/mol. The second-order valence-corrected chi connectivity index (χ2v) is 6.56. The number of carbonyl (C=O) groups is 1. The Morgan fingerprint density at radius 3 is 2.48 bits per heavy atom. The van der Waals surface area contributed by atoms with Gasteiger partial charge in [0, 0.05) is 18.2 Å². The first-order valence-electron chi connectivity index (χ1n) is 10.0. The van der Waals surface area contributed by atoms with Gasteiger partial charge >= 0.3 is 0 Å². The van der Waals surface area contributed by atoms with E-state index in [1.807, 2.05) is 62.4 Å². The molecule has 0 aromatic heterocycles. The maximum atomic E-state index is 12.4. The fourth-order valence-corrected chi connectivity index (χ4v) is 2.65. The van der Waals surface area contributed by atoms with Gasteiger partial charge in [0.25, 0.3) is 5.91 Å². The van der Waals surface area contributed by atoms with E-state index in [2.05, 4.69) is 5.32 Å². The number of hydrogen-bond donors (Lipinski definition) is 1. The van der Waals surface area contributed by atoms with Gasteiger partial charge in [0.15, 0.2) is 0 Å². The van der Waals surface area contributed by atoms with Crippen molar-refractivity contribution in [2.45, 2.75) is 33.1 Å². The van der Waals surface area contributed by atoms with Crippen molar-refractivity contribution in [3.8, 4) is 17.6 Å². The molecule has 0 saturated heterocycles. The monoisotopic (exact) mass is 392 g/mol. The Kier molecular flexibility index (Phi) is 9.31. The van der Waals surface area contributed by atoms with Gasteiger partial charge in [0.1, 0.15) is 23.1 Å². The van der Waals surface area contributed by atoms with Crippen LogP contribution in [0.5, 0.6) is 11.5 Å². The van der Waals surface area contributed by atoms with Gasteiger partial charge in [-0.1, -0.05) is 44.2 Å². The largest absolute Gasteiger partial charge is 0.493 e. The molecular formula is C24H28N2O3. The molecule has 29 heavy (non-hydrogen) atoms. The molecule has 5 heteroatoms. The van der Waals surface area contributed by atoms with Crippen molar-refractivity contribution in [2.24, 2.45) is 0 Å². The van der Waals surface area contributed by atoms with Crippen LogP contribution in [0.2, 0.25) is 0 Å². The van der Waals surface area contributed by atoms with E-state index < -0.39 is 5.91 Å². The topological polar surface area (TPSA) is 71.3 Å². The molecule has 2 aromatic carbocycles. The van der Waals surface area contributed by atoms with E-state index in [1.54, 1.807) is 12.1 Å². The first-order chi connectivity index (χ1) is 14.2. The molecule has 0 saturated carbocycles. The van der Waals surface area contributed by atoms with Crippen LogP contribution in [0.25, 0.3) is 6.08 Å². The number of nitrogens with zero attached hydrogens (tertiary/aromatic N) is 1. The number of rotatable bonds is 11. The van der Waals surface area contributed by atoms with Crippen LogP contribution in [0.1, 0.15) is 37.8 Å². The lowest BCUT2D eigenvalue weighted by Crippen LogP contribution is -2.26. The average molecular weight is 392 g/mol. The molecule has 0 fully saturated rings. The summed E-state index contributed by atoms with van der Waals surface area (Å²) in [5.41, 5.74) is 1.85. The fourth-order valence-electron chi connectivity index (χ4n) is 2.65. The first kappa shape index (κ1) is 22.0. The highest BCUT2D eigenvalue weighted by molar-refractivity contribution is 6.02. The van der Waals surface area contributed by atoms with Crippen molar-refractivity contribution in [3.63, 3.8) is 0 Å². The molecule has 2 rings (SSSR count). The zero-order valence-electron chi connectivity index (χ0n) is 17.1. The van der Waals surface area contributed by atoms with Crippen molar-refractivity contribution in [3.05, 3.63) is 65.2 Å². The molecule has 1 amide bonds. The smallest absolute Gasteiger partial charge is 0.261 e. The van der Waals surface area contributed by atoms with Crippen molar-refractivity contribution < 1.29 is 14.3 Å². The van der Waals surface area contributed by atoms with Gasteiger partial charge in [-0.15, -0.1) is 0 Å². The minimum atomic E-state index is -0.392. The summed E-state index contributed by atoms with van der Waals surface area (Å²) in [5.74, 6) is 0.919. The molecule has 5 nitrogen and oxygen atoms in total. The average Bonchev–Trinajstić information content (AvgIpc) is 2.75. The van der Waals surface area contributed by atoms with Crippen molar-refractivity contribution in [2.75, 3.05) is 19.8 Å². The number of hydrogen-bond acceptors (Lipinski definition) is 4. The van der Waals surface area contributed by atoms with Crippen LogP contribution in [0.3, 0.4) is 0 Å². The molecule has 0 unspecified atom stereocenters. The Labute approximate surface area is 173 Å². The van der Waals surface area contributed by atoms with E-state index in [0.717, 1.165) is 18.4 Å². The number of benzene rings is 2. The Hall–Kier alpha value is -3.26. The normalized spacial score (nSPS) is 10.9. The quantitative estimate of drug-likeness (QED) is 0.450. The minimum Gasteiger partial charge on any atom is -0.493 e. The summed E-state index contributed by atoms with van der Waals surface area (Å²) in [6, 6.07) is 17.3. The predicted octanol–water partition coefficient (Wildman–Crippen LogP) is 4.53. The summed E-state index contributed by atoms with van der Waals surface area (Å²) < 4.78 is 11.5. The summed E-state index contributed by atoms with van der Waals surface area (Å²) in [6.07, 6.45) is 4.04. The van der Waals surface area contributed by atoms with E-state index in [1.165, 1.54) is 0 Å². The van der Waals surface area contributed by atoms with E-state index >= 15 is 0 Å². The standard InChI is InChI=1S/C24H28N2O3/c1-3-14-28-22-11-10-20(23(17-22)29-15-4-2)16-21(18-25)24(27)26-13-12-19-8-6-5-7-9-19/h5-11,16-17H,3-4,12-15H2,1-2H3,(H,26,27)/b21-16+. The number of ether oxygens (including phenoxy) is 2. The maximum Gasteiger partial charge on any atom is 0.261 e. The van der Waals surface area contributed by atoms with Crippen molar-refractivity contribution in [1.82, 2.24) is 5.32 Å². The Balaban J connectivity index is 2.10. The highest BCUT2D eigenvalue weighted by Gasteiger charge is 2.12. The molecule has 1 N–H and O–H groups in total. The second kappa shape index (κ2) is 12.2. The zero-order chi connectivity index (χ0) is 20.9. The molecular weight excluding hydrogens is 364 g/mol. The van der Waals surface area contributed by atoms with Gasteiger partial charge in [-0.25, -0.2) is 0 Å². The number of nitrogens with one attached hydrogen (secondary N) is 1. The van der Waals surface area contributed by atoms with Gasteiger partial charge in [0.2, 0.25) is 0 Å². The van der Waals surface area contributed by atoms with Crippen LogP contribution in [0.4, 0.5) is 0 Å². The zero-order valence-corrected chi connectivity index (χ0v) is 17.1. The van der Waals surface area contributed by atoms with Gasteiger partial charge in [0.05, 0.1) is 13.2 Å². The Morgan fingerprint density at radius 2 is 1.79 bits per heavy atom. The van der Waals surface area contributed by atoms with Crippen molar-refractivity contribution >= 4 is 12.0 Å². The van der Waals surface area contributed by atoms with Gasteiger partial charge in [-0.2, -0.15) is 5.26 Å². The van der Waals surface area contributed by atoms with Crippen LogP contribution in [-0.2, 0) is 11.2 Å². The Morgan fingerprint density at radius 1 is 1.07 bits per heavy atom. The molecule has 0 heterocycles. The second-order valence-electron chi connectivity index (χ2n) is 6.56. The SMILES string of the molecule is CCCOc1ccc(/C=C(\C#N)C(=O)NCCc2ccccc2)c(OCCC)c1. The number of amides is 1. The number of nitriles is 1. The van der Waals surface area contributed by atoms with Crippen molar-refractivity contribution in [1.29, 1.82) is 5.26 Å². The summed E-state index contributed by atoms with van der Waals surface area (Å²) in [7, 11) is 0. The lowest BCUT2D eigenvalue weighted by molar-refractivity contribution is -0.117. The Bertz CT molecular complexity index is 854. The van der Waals surface area contributed by atoms with Crippen LogP contribution < -0.4 is 14.8 Å². The third-order valence-corrected chi connectivity index (χ3v) is 4.13. The lowest BCUT2D eigenvalue weighted by atomic mass is 10.1. The molecule has 0 aliphatic heterocycles. The molecule has 0 bridgehead atoms. The third kappa shape index (κ3) is 7.34. The van der Waals surface area contributed by atoms with Crippen LogP contribution in [0.15, 0.2) is 54.1 Å². The molecule has 152 valence electrons. The third-order valence-electron chi connectivity index (χ3n) is 4.13. The van der Waals surface area contributed by atoms with Crippen LogP contribution >= 0.6 is 0 Å². The lowest BCUT2D eigenvalue weighted by Gasteiger charge is -2.12. The summed E-state index contributed by atoms with van der Waals surface area (Å²) in [5, 5.41) is 12.3.